The highest BCUT2D eigenvalue weighted by Crippen LogP contribution is 2.28. The lowest BCUT2D eigenvalue weighted by atomic mass is 9.91. The summed E-state index contributed by atoms with van der Waals surface area (Å²) in [6.07, 6.45) is 4.06. The molecule has 0 aliphatic carbocycles. The van der Waals surface area contributed by atoms with Crippen molar-refractivity contribution in [3.8, 4) is 0 Å². The average molecular weight is 401 g/mol. The molecule has 0 atom stereocenters. The highest BCUT2D eigenvalue weighted by Gasteiger charge is 2.20. The summed E-state index contributed by atoms with van der Waals surface area (Å²) in [5.41, 5.74) is 3.55. The van der Waals surface area contributed by atoms with E-state index in [4.69, 9.17) is 0 Å². The molecule has 4 heteroatoms. The Morgan fingerprint density at radius 1 is 1.07 bits per heavy atom. The van der Waals surface area contributed by atoms with Crippen molar-refractivity contribution in [2.45, 2.75) is 69.0 Å². The summed E-state index contributed by atoms with van der Waals surface area (Å²) in [6, 6.07) is 15.9. The van der Waals surface area contributed by atoms with Gasteiger partial charge in [-0.1, -0.05) is 56.3 Å². The van der Waals surface area contributed by atoms with Gasteiger partial charge in [0.1, 0.15) is 0 Å². The van der Waals surface area contributed by atoms with Crippen LogP contribution in [0.25, 0.3) is 5.57 Å². The third-order valence-corrected chi connectivity index (χ3v) is 6.41. The molecular weight excluding hydrogens is 368 g/mol. The van der Waals surface area contributed by atoms with Crippen LogP contribution in [0.1, 0.15) is 69.4 Å². The van der Waals surface area contributed by atoms with Gasteiger partial charge in [0, 0.05) is 16.2 Å². The predicted molar refractivity (Wildman–Crippen MR) is 118 cm³/mol. The summed E-state index contributed by atoms with van der Waals surface area (Å²) in [4.78, 5) is 1.20. The minimum Gasteiger partial charge on any atom is -0.390 e. The molecule has 0 aromatic heterocycles. The summed E-state index contributed by atoms with van der Waals surface area (Å²) in [7, 11) is 0. The summed E-state index contributed by atoms with van der Waals surface area (Å²) in [5.74, 6) is 0.827. The quantitative estimate of drug-likeness (QED) is 0.354. The van der Waals surface area contributed by atoms with E-state index < -0.39 is 11.9 Å². The SMILES string of the molecule is CCC(O)(CC)CCC=C(C)c1cccc(SCc2ccc(C(O)O)cc2)c1. The molecule has 2 aromatic carbocycles. The Morgan fingerprint density at radius 3 is 2.36 bits per heavy atom. The summed E-state index contributed by atoms with van der Waals surface area (Å²) >= 11 is 1.76. The molecule has 28 heavy (non-hydrogen) atoms. The molecule has 152 valence electrons. The Hall–Kier alpha value is -1.59. The largest absolute Gasteiger partial charge is 0.390 e. The van der Waals surface area contributed by atoms with Crippen molar-refractivity contribution in [1.82, 2.24) is 0 Å². The molecule has 0 unspecified atom stereocenters. The number of aliphatic hydroxyl groups excluding tert-OH is 1. The zero-order valence-corrected chi connectivity index (χ0v) is 17.9. The second-order valence-electron chi connectivity index (χ2n) is 7.29. The third-order valence-electron chi connectivity index (χ3n) is 5.35. The van der Waals surface area contributed by atoms with E-state index in [0.29, 0.717) is 5.56 Å². The molecule has 0 aliphatic heterocycles. The molecule has 0 saturated carbocycles. The molecule has 3 nitrogen and oxygen atoms in total. The van der Waals surface area contributed by atoms with Crippen molar-refractivity contribution in [1.29, 1.82) is 0 Å². The number of rotatable bonds is 10. The van der Waals surface area contributed by atoms with Crippen molar-refractivity contribution in [2.24, 2.45) is 0 Å². The van der Waals surface area contributed by atoms with E-state index in [-0.39, 0.29) is 0 Å². The first-order valence-corrected chi connectivity index (χ1v) is 10.9. The van der Waals surface area contributed by atoms with Crippen LogP contribution in [0.2, 0.25) is 0 Å². The van der Waals surface area contributed by atoms with Crippen LogP contribution in [0.5, 0.6) is 0 Å². The monoisotopic (exact) mass is 400 g/mol. The van der Waals surface area contributed by atoms with E-state index in [0.717, 1.165) is 37.0 Å². The Labute approximate surface area is 173 Å². The normalized spacial score (nSPS) is 12.6. The fourth-order valence-corrected chi connectivity index (χ4v) is 3.97. The summed E-state index contributed by atoms with van der Waals surface area (Å²) in [6.45, 7) is 6.21. The molecule has 0 heterocycles. The van der Waals surface area contributed by atoms with Crippen LogP contribution in [0, 0.1) is 0 Å². The number of hydrogen-bond donors (Lipinski definition) is 3. The van der Waals surface area contributed by atoms with Gasteiger partial charge in [0.15, 0.2) is 6.29 Å². The van der Waals surface area contributed by atoms with Gasteiger partial charge in [0.25, 0.3) is 0 Å². The molecule has 3 N–H and O–H groups in total. The van der Waals surface area contributed by atoms with Gasteiger partial charge in [0.05, 0.1) is 5.60 Å². The van der Waals surface area contributed by atoms with Gasteiger partial charge in [0.2, 0.25) is 0 Å². The molecule has 0 bridgehead atoms. The van der Waals surface area contributed by atoms with Crippen LogP contribution in [0.4, 0.5) is 0 Å². The zero-order valence-electron chi connectivity index (χ0n) is 17.1. The van der Waals surface area contributed by atoms with E-state index in [2.05, 4.69) is 37.3 Å². The maximum absolute atomic E-state index is 10.4. The van der Waals surface area contributed by atoms with Crippen molar-refractivity contribution in [3.63, 3.8) is 0 Å². The Morgan fingerprint density at radius 2 is 1.75 bits per heavy atom. The molecule has 0 spiro atoms. The molecule has 0 aliphatic rings. The number of thioether (sulfide) groups is 1. The highest BCUT2D eigenvalue weighted by molar-refractivity contribution is 7.98. The first-order chi connectivity index (χ1) is 13.4. The maximum atomic E-state index is 10.4. The van der Waals surface area contributed by atoms with E-state index in [1.807, 2.05) is 26.0 Å². The van der Waals surface area contributed by atoms with Crippen LogP contribution >= 0.6 is 11.8 Å². The topological polar surface area (TPSA) is 60.7 Å². The van der Waals surface area contributed by atoms with Crippen LogP contribution < -0.4 is 0 Å². The van der Waals surface area contributed by atoms with E-state index in [9.17, 15) is 15.3 Å². The molecular formula is C24H32O3S. The predicted octanol–water partition coefficient (Wildman–Crippen LogP) is 5.70. The zero-order chi connectivity index (χ0) is 20.6. The maximum Gasteiger partial charge on any atom is 0.178 e. The number of hydrogen-bond acceptors (Lipinski definition) is 4. The molecule has 0 saturated heterocycles. The Kier molecular flexibility index (Phi) is 8.77. The lowest BCUT2D eigenvalue weighted by Crippen LogP contribution is -2.25. The van der Waals surface area contributed by atoms with E-state index >= 15 is 0 Å². The second-order valence-corrected chi connectivity index (χ2v) is 8.34. The van der Waals surface area contributed by atoms with E-state index in [1.54, 1.807) is 23.9 Å². The van der Waals surface area contributed by atoms with Crippen molar-refractivity contribution >= 4 is 17.3 Å². The summed E-state index contributed by atoms with van der Waals surface area (Å²) in [5, 5.41) is 28.8. The van der Waals surface area contributed by atoms with Crippen molar-refractivity contribution in [2.75, 3.05) is 0 Å². The van der Waals surface area contributed by atoms with Crippen LogP contribution in [0.3, 0.4) is 0 Å². The van der Waals surface area contributed by atoms with Gasteiger partial charge in [-0.3, -0.25) is 0 Å². The minimum absolute atomic E-state index is 0.509. The summed E-state index contributed by atoms with van der Waals surface area (Å²) < 4.78 is 0. The Balaban J connectivity index is 1.96. The average Bonchev–Trinajstić information content (AvgIpc) is 2.72. The first kappa shape index (κ1) is 22.7. The standard InChI is InChI=1S/C24H32O3S/c1-4-24(27,5-2)15-7-8-18(3)21-9-6-10-22(16-21)28-17-19-11-13-20(14-12-19)23(25)26/h6,8-14,16,23,25-27H,4-5,7,15,17H2,1-3H3. The fraction of sp³-hybridized carbons (Fsp3) is 0.417. The van der Waals surface area contributed by atoms with Gasteiger partial charge < -0.3 is 15.3 Å². The molecule has 0 fully saturated rings. The third kappa shape index (κ3) is 6.78. The smallest absolute Gasteiger partial charge is 0.178 e. The molecule has 0 radical (unpaired) electrons. The number of benzene rings is 2. The van der Waals surface area contributed by atoms with Crippen LogP contribution in [0.15, 0.2) is 59.5 Å². The highest BCUT2D eigenvalue weighted by atomic mass is 32.2. The van der Waals surface area contributed by atoms with Crippen molar-refractivity contribution in [3.05, 3.63) is 71.3 Å². The minimum atomic E-state index is -1.42. The van der Waals surface area contributed by atoms with Crippen LogP contribution in [-0.4, -0.2) is 20.9 Å². The van der Waals surface area contributed by atoms with Crippen LogP contribution in [-0.2, 0) is 5.75 Å². The first-order valence-electron chi connectivity index (χ1n) is 9.94. The van der Waals surface area contributed by atoms with Gasteiger partial charge in [-0.15, -0.1) is 11.8 Å². The van der Waals surface area contributed by atoms with Gasteiger partial charge >= 0.3 is 0 Å². The number of aliphatic hydroxyl groups is 3. The molecule has 2 rings (SSSR count). The number of allylic oxidation sites excluding steroid dienone is 2. The molecule has 0 amide bonds. The molecule has 2 aromatic rings. The van der Waals surface area contributed by atoms with E-state index in [1.165, 1.54) is 16.0 Å². The Bertz CT molecular complexity index is 762. The van der Waals surface area contributed by atoms with Gasteiger partial charge in [-0.25, -0.2) is 0 Å². The van der Waals surface area contributed by atoms with Crippen molar-refractivity contribution < 1.29 is 15.3 Å². The second kappa shape index (κ2) is 10.8. The van der Waals surface area contributed by atoms with Gasteiger partial charge in [-0.05, 0) is 61.4 Å². The lowest BCUT2D eigenvalue weighted by molar-refractivity contribution is -0.0424. The fourth-order valence-electron chi connectivity index (χ4n) is 3.06. The van der Waals surface area contributed by atoms with Gasteiger partial charge in [-0.2, -0.15) is 0 Å². The lowest BCUT2D eigenvalue weighted by Gasteiger charge is -2.24.